The van der Waals surface area contributed by atoms with Gasteiger partial charge in [0.15, 0.2) is 0 Å². The van der Waals surface area contributed by atoms with E-state index in [9.17, 15) is 4.79 Å². The lowest BCUT2D eigenvalue weighted by atomic mass is 9.49. The van der Waals surface area contributed by atoms with Crippen LogP contribution in [0.2, 0.25) is 0 Å². The average molecular weight is 426 g/mol. The third-order valence-corrected chi connectivity index (χ3v) is 8.17. The summed E-state index contributed by atoms with van der Waals surface area (Å²) in [4.78, 5) is 15.4. The molecule has 1 aliphatic heterocycles. The van der Waals surface area contributed by atoms with Crippen LogP contribution in [-0.2, 0) is 4.79 Å². The van der Waals surface area contributed by atoms with Crippen molar-refractivity contribution in [2.24, 2.45) is 23.2 Å². The lowest BCUT2D eigenvalue weighted by molar-refractivity contribution is -0.124. The zero-order valence-corrected chi connectivity index (χ0v) is 18.9. The number of benzene rings is 1. The number of nitrogens with one attached hydrogen (secondary N) is 2. The molecule has 31 heavy (non-hydrogen) atoms. The van der Waals surface area contributed by atoms with Crippen molar-refractivity contribution in [3.63, 3.8) is 0 Å². The Morgan fingerprint density at radius 2 is 1.77 bits per heavy atom. The van der Waals surface area contributed by atoms with Gasteiger partial charge in [-0.3, -0.25) is 4.79 Å². The van der Waals surface area contributed by atoms with Crippen molar-refractivity contribution in [3.8, 4) is 5.75 Å². The number of unbranched alkanes of at least 4 members (excludes halogenated alkanes) is 1. The smallest absolute Gasteiger partial charge is 0.224 e. The fourth-order valence-electron chi connectivity index (χ4n) is 7.28. The quantitative estimate of drug-likeness (QED) is 0.580. The first-order valence-electron chi connectivity index (χ1n) is 12.6. The molecule has 0 aromatic heterocycles. The minimum absolute atomic E-state index is 0.190. The number of amides is 1. The largest absolute Gasteiger partial charge is 0.494 e. The van der Waals surface area contributed by atoms with E-state index in [2.05, 4.69) is 15.5 Å². The van der Waals surface area contributed by atoms with Crippen LogP contribution >= 0.6 is 0 Å². The number of carbonyl (C=O) groups excluding carboxylic acids is 1. The van der Waals surface area contributed by atoms with Crippen molar-refractivity contribution in [2.75, 3.05) is 44.6 Å². The first-order chi connectivity index (χ1) is 15.2. The van der Waals surface area contributed by atoms with E-state index in [4.69, 9.17) is 4.74 Å². The number of anilines is 1. The molecule has 4 bridgehead atoms. The molecule has 6 rings (SSSR count). The summed E-state index contributed by atoms with van der Waals surface area (Å²) < 4.78 is 5.97. The highest BCUT2D eigenvalue weighted by molar-refractivity contribution is 5.91. The highest BCUT2D eigenvalue weighted by Crippen LogP contribution is 2.61. The van der Waals surface area contributed by atoms with Crippen molar-refractivity contribution >= 4 is 11.6 Å². The molecule has 5 heteroatoms. The molecule has 0 atom stereocenters. The molecule has 5 aliphatic rings. The van der Waals surface area contributed by atoms with Crippen LogP contribution in [0.5, 0.6) is 5.75 Å². The molecular weight excluding hydrogens is 386 g/mol. The Morgan fingerprint density at radius 3 is 2.48 bits per heavy atom. The van der Waals surface area contributed by atoms with Gasteiger partial charge in [0.1, 0.15) is 5.75 Å². The fourth-order valence-corrected chi connectivity index (χ4v) is 7.28. The molecule has 5 nitrogen and oxygen atoms in total. The molecular formula is C26H39N3O2. The average Bonchev–Trinajstić information content (AvgIpc) is 2.73. The number of hydrogen-bond donors (Lipinski definition) is 2. The Labute approximate surface area is 187 Å². The molecule has 4 aliphatic carbocycles. The second-order valence-corrected chi connectivity index (χ2v) is 10.8. The maximum atomic E-state index is 12.9. The minimum atomic E-state index is 0.190. The monoisotopic (exact) mass is 425 g/mol. The molecule has 0 radical (unpaired) electrons. The van der Waals surface area contributed by atoms with Gasteiger partial charge in [0, 0.05) is 44.4 Å². The van der Waals surface area contributed by atoms with Gasteiger partial charge in [-0.2, -0.15) is 0 Å². The van der Waals surface area contributed by atoms with Gasteiger partial charge in [-0.25, -0.2) is 0 Å². The molecule has 5 fully saturated rings. The van der Waals surface area contributed by atoms with Gasteiger partial charge in [-0.15, -0.1) is 0 Å². The van der Waals surface area contributed by atoms with E-state index in [0.29, 0.717) is 6.42 Å². The van der Waals surface area contributed by atoms with Crippen molar-refractivity contribution in [1.29, 1.82) is 0 Å². The van der Waals surface area contributed by atoms with Crippen LogP contribution in [0.25, 0.3) is 0 Å². The van der Waals surface area contributed by atoms with Gasteiger partial charge < -0.3 is 20.3 Å². The number of carbonyl (C=O) groups is 1. The maximum absolute atomic E-state index is 12.9. The van der Waals surface area contributed by atoms with Gasteiger partial charge >= 0.3 is 0 Å². The first-order valence-corrected chi connectivity index (χ1v) is 12.6. The lowest BCUT2D eigenvalue weighted by Crippen LogP contribution is -2.47. The lowest BCUT2D eigenvalue weighted by Gasteiger charge is -2.56. The Hall–Kier alpha value is -1.59. The number of ether oxygens (including phenoxy) is 1. The van der Waals surface area contributed by atoms with Gasteiger partial charge in [0.05, 0.1) is 6.61 Å². The maximum Gasteiger partial charge on any atom is 0.224 e. The topological polar surface area (TPSA) is 53.6 Å². The standard InChI is InChI=1S/C26H39N3O2/c30-25(19-26-16-20-12-21(17-26)14-22(13-20)18-26)28-23-4-3-5-24(15-23)31-11-2-1-8-29-9-6-27-7-10-29/h3-5,15,20-22,27H,1-2,6-14,16-19H2,(H,28,30). The molecule has 1 heterocycles. The SMILES string of the molecule is O=C(CC12CC3CC(CC(C3)C1)C2)Nc1cccc(OCCCCN2CCNCC2)c1. The Kier molecular flexibility index (Phi) is 6.51. The summed E-state index contributed by atoms with van der Waals surface area (Å²) in [5, 5.41) is 6.57. The first kappa shape index (κ1) is 21.3. The molecule has 1 amide bonds. The van der Waals surface area contributed by atoms with E-state index in [1.807, 2.05) is 24.3 Å². The summed E-state index contributed by atoms with van der Waals surface area (Å²) in [5.41, 5.74) is 1.16. The molecule has 4 saturated carbocycles. The summed E-state index contributed by atoms with van der Waals surface area (Å²) in [6.07, 6.45) is 11.1. The zero-order chi connectivity index (χ0) is 21.1. The predicted molar refractivity (Wildman–Crippen MR) is 124 cm³/mol. The van der Waals surface area contributed by atoms with Crippen molar-refractivity contribution in [2.45, 2.75) is 57.8 Å². The third-order valence-electron chi connectivity index (χ3n) is 8.17. The second kappa shape index (κ2) is 9.50. The summed E-state index contributed by atoms with van der Waals surface area (Å²) in [6.45, 7) is 6.43. The van der Waals surface area contributed by atoms with Crippen molar-refractivity contribution in [3.05, 3.63) is 24.3 Å². The summed E-state index contributed by atoms with van der Waals surface area (Å²) in [5.74, 6) is 3.72. The van der Waals surface area contributed by atoms with Crippen molar-refractivity contribution in [1.82, 2.24) is 10.2 Å². The summed E-state index contributed by atoms with van der Waals surface area (Å²) >= 11 is 0. The zero-order valence-electron chi connectivity index (χ0n) is 18.9. The van der Waals surface area contributed by atoms with E-state index in [-0.39, 0.29) is 11.3 Å². The number of hydrogen-bond acceptors (Lipinski definition) is 4. The van der Waals surface area contributed by atoms with Gasteiger partial charge in [-0.05, 0) is 93.2 Å². The molecule has 1 aromatic carbocycles. The van der Waals surface area contributed by atoms with Gasteiger partial charge in [0.2, 0.25) is 5.91 Å². The predicted octanol–water partition coefficient (Wildman–Crippen LogP) is 4.30. The number of piperazine rings is 1. The molecule has 0 spiro atoms. The van der Waals surface area contributed by atoms with E-state index < -0.39 is 0 Å². The van der Waals surface area contributed by atoms with Crippen molar-refractivity contribution < 1.29 is 9.53 Å². The Balaban J connectivity index is 1.06. The van der Waals surface area contributed by atoms with Crippen LogP contribution < -0.4 is 15.4 Å². The number of rotatable bonds is 9. The van der Waals surface area contributed by atoms with Crippen LogP contribution in [0.3, 0.4) is 0 Å². The van der Waals surface area contributed by atoms with E-state index in [1.54, 1.807) is 0 Å². The van der Waals surface area contributed by atoms with Crippen LogP contribution in [0, 0.1) is 23.2 Å². The van der Waals surface area contributed by atoms with Gasteiger partial charge in [-0.1, -0.05) is 6.07 Å². The number of nitrogens with zero attached hydrogens (tertiary/aromatic N) is 1. The molecule has 1 aromatic rings. The molecule has 1 saturated heterocycles. The highest BCUT2D eigenvalue weighted by Gasteiger charge is 2.51. The third kappa shape index (κ3) is 5.43. The van der Waals surface area contributed by atoms with Crippen LogP contribution in [0.15, 0.2) is 24.3 Å². The normalized spacial score (nSPS) is 32.2. The van der Waals surface area contributed by atoms with Crippen LogP contribution in [0.1, 0.15) is 57.8 Å². The van der Waals surface area contributed by atoms with Crippen LogP contribution in [0.4, 0.5) is 5.69 Å². The van der Waals surface area contributed by atoms with E-state index >= 15 is 0 Å². The van der Waals surface area contributed by atoms with E-state index in [1.165, 1.54) is 44.9 Å². The fraction of sp³-hybridized carbons (Fsp3) is 0.731. The molecule has 170 valence electrons. The van der Waals surface area contributed by atoms with Gasteiger partial charge in [0.25, 0.3) is 0 Å². The highest BCUT2D eigenvalue weighted by atomic mass is 16.5. The Morgan fingerprint density at radius 1 is 1.06 bits per heavy atom. The van der Waals surface area contributed by atoms with E-state index in [0.717, 1.165) is 74.9 Å². The molecule has 2 N–H and O–H groups in total. The summed E-state index contributed by atoms with van der Waals surface area (Å²) in [7, 11) is 0. The second-order valence-electron chi connectivity index (χ2n) is 10.8. The minimum Gasteiger partial charge on any atom is -0.494 e. The summed E-state index contributed by atoms with van der Waals surface area (Å²) in [6, 6.07) is 7.93. The van der Waals surface area contributed by atoms with Crippen LogP contribution in [-0.4, -0.2) is 50.1 Å². The molecule has 0 unspecified atom stereocenters. The Bertz CT molecular complexity index is 723.